The van der Waals surface area contributed by atoms with Crippen LogP contribution in [0.1, 0.15) is 48.3 Å². The molecular weight excluding hydrogens is 310 g/mol. The molecule has 0 radical (unpaired) electrons. The predicted octanol–water partition coefficient (Wildman–Crippen LogP) is 2.14. The van der Waals surface area contributed by atoms with E-state index in [0.29, 0.717) is 25.2 Å². The van der Waals surface area contributed by atoms with Gasteiger partial charge in [-0.3, -0.25) is 0 Å². The van der Waals surface area contributed by atoms with Gasteiger partial charge < -0.3 is 20.1 Å². The monoisotopic (exact) mass is 341 g/mol. The highest BCUT2D eigenvalue weighted by Gasteiger charge is 2.23. The summed E-state index contributed by atoms with van der Waals surface area (Å²) in [5.74, 6) is 0. The highest BCUT2D eigenvalue weighted by Crippen LogP contribution is 2.26. The first-order valence-electron chi connectivity index (χ1n) is 8.65. The Hall–Kier alpha value is -0.530. The van der Waals surface area contributed by atoms with Crippen LogP contribution in [0.25, 0.3) is 0 Å². The van der Waals surface area contributed by atoms with E-state index in [4.69, 9.17) is 4.74 Å². The summed E-state index contributed by atoms with van der Waals surface area (Å²) in [6.45, 7) is 9.72. The molecule has 0 amide bonds. The van der Waals surface area contributed by atoms with Crippen LogP contribution in [0.4, 0.5) is 0 Å². The lowest BCUT2D eigenvalue weighted by Gasteiger charge is -2.34. The molecule has 1 fully saturated rings. The van der Waals surface area contributed by atoms with Gasteiger partial charge in [0.05, 0.1) is 23.4 Å². The minimum Gasteiger partial charge on any atom is -0.389 e. The Bertz CT molecular complexity index is 472. The maximum Gasteiger partial charge on any atom is 0.0928 e. The lowest BCUT2D eigenvalue weighted by atomic mass is 10.0. The average Bonchev–Trinajstić information content (AvgIpc) is 2.91. The Labute approximate surface area is 144 Å². The van der Waals surface area contributed by atoms with Crippen LogP contribution in [0, 0.1) is 6.92 Å². The van der Waals surface area contributed by atoms with Crippen molar-refractivity contribution in [3.05, 3.63) is 15.6 Å². The van der Waals surface area contributed by atoms with Gasteiger partial charge >= 0.3 is 0 Å². The number of hydrogen-bond donors (Lipinski definition) is 2. The van der Waals surface area contributed by atoms with Gasteiger partial charge in [-0.2, -0.15) is 0 Å². The third kappa shape index (κ3) is 5.50. The van der Waals surface area contributed by atoms with Gasteiger partial charge in [0.2, 0.25) is 0 Å². The molecule has 132 valence electrons. The van der Waals surface area contributed by atoms with E-state index in [0.717, 1.165) is 32.4 Å². The number of piperidine rings is 1. The van der Waals surface area contributed by atoms with Crippen molar-refractivity contribution >= 4 is 11.3 Å². The second-order valence-corrected chi connectivity index (χ2v) is 7.60. The van der Waals surface area contributed by atoms with E-state index in [-0.39, 0.29) is 6.10 Å². The first-order valence-corrected chi connectivity index (χ1v) is 9.46. The maximum atomic E-state index is 9.83. The number of nitrogens with zero attached hydrogens (tertiary/aromatic N) is 2. The number of methoxy groups -OCH3 is 1. The number of likely N-dealkylation sites (tertiary alicyclic amines) is 1. The topological polar surface area (TPSA) is 57.6 Å². The van der Waals surface area contributed by atoms with Crippen molar-refractivity contribution < 1.29 is 9.84 Å². The number of aliphatic hydroxyl groups excluding tert-OH is 1. The zero-order valence-electron chi connectivity index (χ0n) is 14.8. The molecule has 1 aromatic rings. The number of aromatic nitrogens is 1. The zero-order chi connectivity index (χ0) is 16.8. The molecule has 2 N–H and O–H groups in total. The second-order valence-electron chi connectivity index (χ2n) is 6.48. The van der Waals surface area contributed by atoms with Crippen LogP contribution in [-0.2, 0) is 11.2 Å². The number of hydrogen-bond acceptors (Lipinski definition) is 6. The van der Waals surface area contributed by atoms with Crippen molar-refractivity contribution in [2.45, 2.75) is 58.2 Å². The summed E-state index contributed by atoms with van der Waals surface area (Å²) >= 11 is 1.84. The SMILES string of the molecule is CCc1nc(C)c(C(C)NC2CCN(CC(O)COC)CC2)s1. The van der Waals surface area contributed by atoms with E-state index in [1.165, 1.54) is 15.6 Å². The fourth-order valence-corrected chi connectivity index (χ4v) is 4.29. The molecule has 6 heteroatoms. The van der Waals surface area contributed by atoms with Crippen molar-refractivity contribution in [3.63, 3.8) is 0 Å². The van der Waals surface area contributed by atoms with Gasteiger partial charge in [-0.05, 0) is 46.2 Å². The molecule has 2 heterocycles. The fourth-order valence-electron chi connectivity index (χ4n) is 3.27. The largest absolute Gasteiger partial charge is 0.389 e. The Morgan fingerprint density at radius 1 is 1.43 bits per heavy atom. The molecule has 2 unspecified atom stereocenters. The summed E-state index contributed by atoms with van der Waals surface area (Å²) in [5, 5.41) is 14.8. The number of β-amino-alcohol motifs (C(OH)–C–C–N with tert-alkyl or cyclic N) is 1. The van der Waals surface area contributed by atoms with Crippen molar-refractivity contribution in [1.29, 1.82) is 0 Å². The zero-order valence-corrected chi connectivity index (χ0v) is 15.7. The number of aliphatic hydroxyl groups is 1. The molecule has 2 rings (SSSR count). The molecule has 1 aliphatic heterocycles. The van der Waals surface area contributed by atoms with E-state index >= 15 is 0 Å². The molecule has 5 nitrogen and oxygen atoms in total. The van der Waals surface area contributed by atoms with Crippen molar-refractivity contribution in [2.24, 2.45) is 0 Å². The summed E-state index contributed by atoms with van der Waals surface area (Å²) < 4.78 is 5.00. The first kappa shape index (κ1) is 18.8. The van der Waals surface area contributed by atoms with Crippen LogP contribution in [0.3, 0.4) is 0 Å². The van der Waals surface area contributed by atoms with E-state index in [1.807, 2.05) is 11.3 Å². The lowest BCUT2D eigenvalue weighted by Crippen LogP contribution is -2.46. The minimum atomic E-state index is -0.379. The van der Waals surface area contributed by atoms with Crippen molar-refractivity contribution in [2.75, 3.05) is 33.4 Å². The number of ether oxygens (including phenoxy) is 1. The Balaban J connectivity index is 1.78. The molecule has 0 aromatic carbocycles. The van der Waals surface area contributed by atoms with Crippen LogP contribution in [0.2, 0.25) is 0 Å². The van der Waals surface area contributed by atoms with Crippen LogP contribution >= 0.6 is 11.3 Å². The Kier molecular flexibility index (Phi) is 7.43. The predicted molar refractivity (Wildman–Crippen MR) is 95.1 cm³/mol. The molecule has 0 aliphatic carbocycles. The van der Waals surface area contributed by atoms with E-state index in [2.05, 4.69) is 36.0 Å². The normalized spacial score (nSPS) is 19.9. The van der Waals surface area contributed by atoms with Gasteiger partial charge in [-0.1, -0.05) is 6.92 Å². The second kappa shape index (κ2) is 9.08. The summed E-state index contributed by atoms with van der Waals surface area (Å²) in [6, 6.07) is 0.913. The lowest BCUT2D eigenvalue weighted by molar-refractivity contribution is 0.0308. The summed E-state index contributed by atoms with van der Waals surface area (Å²) in [6.07, 6.45) is 2.89. The van der Waals surface area contributed by atoms with Gasteiger partial charge in [0.25, 0.3) is 0 Å². The summed E-state index contributed by atoms with van der Waals surface area (Å²) in [7, 11) is 1.63. The number of nitrogens with one attached hydrogen (secondary N) is 1. The van der Waals surface area contributed by atoms with E-state index in [1.54, 1.807) is 7.11 Å². The third-order valence-corrected chi connectivity index (χ3v) is 5.96. The quantitative estimate of drug-likeness (QED) is 0.759. The molecule has 1 saturated heterocycles. The molecule has 0 spiro atoms. The van der Waals surface area contributed by atoms with Gasteiger partial charge in [0, 0.05) is 30.6 Å². The van der Waals surface area contributed by atoms with Gasteiger partial charge in [-0.25, -0.2) is 4.98 Å². The molecule has 23 heavy (non-hydrogen) atoms. The summed E-state index contributed by atoms with van der Waals surface area (Å²) in [4.78, 5) is 8.34. The standard InChI is InChI=1S/C17H31N3O2S/c1-5-16-19-13(3)17(23-16)12(2)18-14-6-8-20(9-7-14)10-15(21)11-22-4/h12,14-15,18,21H,5-11H2,1-4H3. The average molecular weight is 342 g/mol. The van der Waals surface area contributed by atoms with Gasteiger partial charge in [0.1, 0.15) is 0 Å². The fraction of sp³-hybridized carbons (Fsp3) is 0.824. The van der Waals surface area contributed by atoms with Crippen LogP contribution in [0.15, 0.2) is 0 Å². The molecule has 1 aromatic heterocycles. The smallest absolute Gasteiger partial charge is 0.0928 e. The van der Waals surface area contributed by atoms with Crippen molar-refractivity contribution in [3.8, 4) is 0 Å². The number of thiazole rings is 1. The molecule has 1 aliphatic rings. The molecule has 0 saturated carbocycles. The number of rotatable bonds is 8. The van der Waals surface area contributed by atoms with Gasteiger partial charge in [-0.15, -0.1) is 11.3 Å². The highest BCUT2D eigenvalue weighted by molar-refractivity contribution is 7.11. The van der Waals surface area contributed by atoms with E-state index < -0.39 is 0 Å². The molecule has 2 atom stereocenters. The Morgan fingerprint density at radius 2 is 2.13 bits per heavy atom. The first-order chi connectivity index (χ1) is 11.0. The third-order valence-electron chi connectivity index (χ3n) is 4.47. The van der Waals surface area contributed by atoms with Gasteiger partial charge in [0.15, 0.2) is 0 Å². The minimum absolute atomic E-state index is 0.364. The highest BCUT2D eigenvalue weighted by atomic mass is 32.1. The number of aryl methyl sites for hydroxylation is 2. The van der Waals surface area contributed by atoms with E-state index in [9.17, 15) is 5.11 Å². The van der Waals surface area contributed by atoms with Crippen molar-refractivity contribution in [1.82, 2.24) is 15.2 Å². The Morgan fingerprint density at radius 3 is 2.70 bits per heavy atom. The molecule has 0 bridgehead atoms. The van der Waals surface area contributed by atoms with Crippen LogP contribution in [0.5, 0.6) is 0 Å². The van der Waals surface area contributed by atoms with Crippen LogP contribution in [-0.4, -0.2) is 60.5 Å². The summed E-state index contributed by atoms with van der Waals surface area (Å²) in [5.41, 5.74) is 1.17. The molecular formula is C17H31N3O2S. The maximum absolute atomic E-state index is 9.83. The van der Waals surface area contributed by atoms with Crippen LogP contribution < -0.4 is 5.32 Å².